The summed E-state index contributed by atoms with van der Waals surface area (Å²) in [5, 5.41) is 22.9. The van der Waals surface area contributed by atoms with E-state index in [2.05, 4.69) is 35.9 Å². The Hall–Kier alpha value is -2.52. The molecule has 0 saturated carbocycles. The Morgan fingerprint density at radius 3 is 3.04 bits per heavy atom. The number of thiol groups is 1. The monoisotopic (exact) mass is 354 g/mol. The van der Waals surface area contributed by atoms with E-state index in [0.717, 1.165) is 28.1 Å². The maximum absolute atomic E-state index is 11.5. The zero-order chi connectivity index (χ0) is 18.0. The second kappa shape index (κ2) is 6.77. The van der Waals surface area contributed by atoms with E-state index < -0.39 is 16.4 Å². The van der Waals surface area contributed by atoms with Crippen LogP contribution in [0.4, 0.5) is 0 Å². The van der Waals surface area contributed by atoms with Gasteiger partial charge in [0.15, 0.2) is 5.96 Å². The quantitative estimate of drug-likeness (QED) is 0.574. The summed E-state index contributed by atoms with van der Waals surface area (Å²) in [6.45, 7) is 2.07. The highest BCUT2D eigenvalue weighted by Crippen LogP contribution is 2.49. The van der Waals surface area contributed by atoms with Gasteiger partial charge in [-0.2, -0.15) is 16.2 Å². The average Bonchev–Trinajstić information content (AvgIpc) is 3.13. The molecule has 2 aliphatic rings. The fourth-order valence-electron chi connectivity index (χ4n) is 3.44. The van der Waals surface area contributed by atoms with Crippen LogP contribution in [0, 0.1) is 16.7 Å². The number of allylic oxidation sites excluding steroid dienone is 3. The molecule has 6 heteroatoms. The number of hydrogen-bond donors (Lipinski definition) is 3. The molecule has 2 aliphatic heterocycles. The number of guanidine groups is 1. The van der Waals surface area contributed by atoms with E-state index in [1.54, 1.807) is 11.9 Å². The largest absolute Gasteiger partial charge is 0.347 e. The third-order valence-electron chi connectivity index (χ3n) is 5.07. The fourth-order valence-corrected chi connectivity index (χ4v) is 5.19. The van der Waals surface area contributed by atoms with Gasteiger partial charge in [0.25, 0.3) is 0 Å². The van der Waals surface area contributed by atoms with E-state index >= 15 is 0 Å². The van der Waals surface area contributed by atoms with Crippen molar-refractivity contribution in [2.75, 3.05) is 7.05 Å². The standard InChI is InChI=1S/C19H22N4OS/c1-3-19(11-15(13-24)23(2)18(21)22-19)14-6-4-7-16(10-14)25-9-5-8-17(25)12-20/h4-10,13,15,25H,3,11H2,1-2H3,(H2,21,22)/t15?,19-/m0/s1. The number of likely N-dealkylation sites (N-methyl/N-ethyl adjacent to an activating group) is 1. The van der Waals surface area contributed by atoms with Crippen molar-refractivity contribution in [2.45, 2.75) is 36.2 Å². The van der Waals surface area contributed by atoms with Crippen molar-refractivity contribution in [3.63, 3.8) is 0 Å². The third-order valence-corrected chi connectivity index (χ3v) is 7.14. The number of carbonyl (C=O) groups is 1. The smallest absolute Gasteiger partial charge is 0.192 e. The first kappa shape index (κ1) is 17.3. The molecule has 2 unspecified atom stereocenters. The summed E-state index contributed by atoms with van der Waals surface area (Å²) >= 11 is 0. The zero-order valence-electron chi connectivity index (χ0n) is 14.4. The van der Waals surface area contributed by atoms with Crippen LogP contribution in [0.1, 0.15) is 25.3 Å². The highest BCUT2D eigenvalue weighted by atomic mass is 32.2. The highest BCUT2D eigenvalue weighted by Gasteiger charge is 2.41. The number of rotatable bonds is 4. The predicted molar refractivity (Wildman–Crippen MR) is 102 cm³/mol. The Bertz CT molecular complexity index is 810. The van der Waals surface area contributed by atoms with Gasteiger partial charge in [0.1, 0.15) is 12.4 Å². The Morgan fingerprint density at radius 1 is 1.56 bits per heavy atom. The number of hydrogen-bond acceptors (Lipinski definition) is 3. The Labute approximate surface area is 150 Å². The van der Waals surface area contributed by atoms with Crippen LogP contribution in [-0.2, 0) is 10.3 Å². The van der Waals surface area contributed by atoms with Gasteiger partial charge in [0, 0.05) is 13.5 Å². The molecule has 0 aromatic heterocycles. The minimum Gasteiger partial charge on any atom is -0.347 e. The van der Waals surface area contributed by atoms with E-state index in [1.165, 1.54) is 0 Å². The van der Waals surface area contributed by atoms with Crippen LogP contribution < -0.4 is 5.32 Å². The topological polar surface area (TPSA) is 80.0 Å². The van der Waals surface area contributed by atoms with E-state index in [-0.39, 0.29) is 12.0 Å². The van der Waals surface area contributed by atoms with Crippen molar-refractivity contribution < 1.29 is 4.79 Å². The second-order valence-electron chi connectivity index (χ2n) is 6.35. The van der Waals surface area contributed by atoms with Crippen molar-refractivity contribution in [2.24, 2.45) is 0 Å². The van der Waals surface area contributed by atoms with Crippen molar-refractivity contribution in [3.05, 3.63) is 52.3 Å². The van der Waals surface area contributed by atoms with Gasteiger partial charge < -0.3 is 15.0 Å². The van der Waals surface area contributed by atoms with E-state index in [9.17, 15) is 10.1 Å². The summed E-state index contributed by atoms with van der Waals surface area (Å²) < 4.78 is 0. The van der Waals surface area contributed by atoms with Crippen LogP contribution in [-0.4, -0.2) is 30.2 Å². The third kappa shape index (κ3) is 2.96. The molecule has 2 N–H and O–H groups in total. The highest BCUT2D eigenvalue weighted by molar-refractivity contribution is 8.23. The number of nitrogens with zero attached hydrogens (tertiary/aromatic N) is 2. The molecule has 25 heavy (non-hydrogen) atoms. The van der Waals surface area contributed by atoms with Crippen LogP contribution in [0.25, 0.3) is 0 Å². The van der Waals surface area contributed by atoms with Crippen LogP contribution in [0.2, 0.25) is 0 Å². The molecule has 3 rings (SSSR count). The van der Waals surface area contributed by atoms with Gasteiger partial charge in [0.05, 0.1) is 16.5 Å². The normalized spacial score (nSPS) is 29.7. The van der Waals surface area contributed by atoms with Crippen LogP contribution in [0.5, 0.6) is 0 Å². The van der Waals surface area contributed by atoms with Crippen molar-refractivity contribution >= 4 is 23.1 Å². The van der Waals surface area contributed by atoms with E-state index in [4.69, 9.17) is 5.41 Å². The summed E-state index contributed by atoms with van der Waals surface area (Å²) in [5.41, 5.74) is 0.623. The molecule has 1 fully saturated rings. The van der Waals surface area contributed by atoms with E-state index in [0.29, 0.717) is 6.42 Å². The minimum atomic E-state index is -0.745. The van der Waals surface area contributed by atoms with Gasteiger partial charge in [-0.15, -0.1) is 0 Å². The molecule has 1 aromatic carbocycles. The zero-order valence-corrected chi connectivity index (χ0v) is 15.3. The SMILES string of the molecule is CC[C@@]1(c2cccc([SH]3C=CC=C3C#N)c2)CC(C=O)N(C)C(=N)N1. The number of aldehydes is 1. The maximum atomic E-state index is 11.5. The number of carbonyl (C=O) groups excluding carboxylic acids is 1. The maximum Gasteiger partial charge on any atom is 0.192 e. The number of nitrogens with one attached hydrogen (secondary N) is 2. The molecule has 0 radical (unpaired) electrons. The first-order valence-corrected chi connectivity index (χ1v) is 9.69. The van der Waals surface area contributed by atoms with Gasteiger partial charge in [0.2, 0.25) is 0 Å². The van der Waals surface area contributed by atoms with E-state index in [1.807, 2.05) is 24.3 Å². The fraction of sp³-hybridized carbons (Fsp3) is 0.316. The number of benzene rings is 1. The van der Waals surface area contributed by atoms with Gasteiger partial charge in [-0.3, -0.25) is 5.41 Å². The molecule has 0 aliphatic carbocycles. The summed E-state index contributed by atoms with van der Waals surface area (Å²) in [7, 11) is 1.02. The molecule has 5 nitrogen and oxygen atoms in total. The summed E-state index contributed by atoms with van der Waals surface area (Å²) in [6, 6.07) is 10.2. The first-order chi connectivity index (χ1) is 12.0. The van der Waals surface area contributed by atoms with Crippen molar-refractivity contribution in [3.8, 4) is 6.07 Å². The lowest BCUT2D eigenvalue weighted by Crippen LogP contribution is -2.61. The van der Waals surface area contributed by atoms with Gasteiger partial charge >= 0.3 is 0 Å². The Morgan fingerprint density at radius 2 is 2.36 bits per heavy atom. The molecule has 1 aromatic rings. The predicted octanol–water partition coefficient (Wildman–Crippen LogP) is 3.01. The molecule has 130 valence electrons. The van der Waals surface area contributed by atoms with Gasteiger partial charge in [-0.05, 0) is 40.5 Å². The first-order valence-electron chi connectivity index (χ1n) is 8.28. The lowest BCUT2D eigenvalue weighted by Gasteiger charge is -2.46. The van der Waals surface area contributed by atoms with Crippen LogP contribution in [0.15, 0.2) is 51.6 Å². The average molecular weight is 354 g/mol. The molecule has 1 saturated heterocycles. The molecule has 3 atom stereocenters. The Balaban J connectivity index is 2.00. The molecule has 0 bridgehead atoms. The summed E-state index contributed by atoms with van der Waals surface area (Å²) in [4.78, 5) is 15.1. The van der Waals surface area contributed by atoms with Gasteiger partial charge in [-0.25, -0.2) is 0 Å². The van der Waals surface area contributed by atoms with Crippen molar-refractivity contribution in [1.29, 1.82) is 10.7 Å². The minimum absolute atomic E-state index is 0.264. The second-order valence-corrected chi connectivity index (χ2v) is 8.39. The van der Waals surface area contributed by atoms with Crippen LogP contribution >= 0.6 is 10.9 Å². The molecular formula is C19H22N4OS. The lowest BCUT2D eigenvalue weighted by molar-refractivity contribution is -0.112. The van der Waals surface area contributed by atoms with Crippen molar-refractivity contribution in [1.82, 2.24) is 10.2 Å². The molecule has 2 heterocycles. The Kier molecular flexibility index (Phi) is 4.69. The van der Waals surface area contributed by atoms with Crippen LogP contribution in [0.3, 0.4) is 0 Å². The molecular weight excluding hydrogens is 332 g/mol. The van der Waals surface area contributed by atoms with Gasteiger partial charge in [-0.1, -0.05) is 25.1 Å². The molecule has 0 spiro atoms. The summed E-state index contributed by atoms with van der Waals surface area (Å²) in [6.07, 6.45) is 6.12. The summed E-state index contributed by atoms with van der Waals surface area (Å²) in [5.74, 6) is 0.264. The number of nitriles is 1. The lowest BCUT2D eigenvalue weighted by atomic mass is 9.80. The molecule has 0 amide bonds.